The van der Waals surface area contributed by atoms with Gasteiger partial charge in [-0.05, 0) is 44.6 Å². The van der Waals surface area contributed by atoms with Crippen molar-refractivity contribution in [2.75, 3.05) is 39.4 Å². The van der Waals surface area contributed by atoms with Gasteiger partial charge in [0, 0.05) is 38.3 Å². The largest absolute Gasteiger partial charge is 0.438 e. The number of hydrogen-bond donors (Lipinski definition) is 1. The molecule has 0 unspecified atom stereocenters. The van der Waals surface area contributed by atoms with Gasteiger partial charge in [-0.15, -0.1) is 0 Å². The molecule has 0 aromatic carbocycles. The number of fused-ring (bicyclic) bond motifs is 4. The molecule has 1 aromatic rings. The van der Waals surface area contributed by atoms with E-state index in [0.717, 1.165) is 19.5 Å². The van der Waals surface area contributed by atoms with E-state index in [9.17, 15) is 9.59 Å². The summed E-state index contributed by atoms with van der Waals surface area (Å²) in [6, 6.07) is 0.751. The lowest BCUT2D eigenvalue weighted by Crippen LogP contribution is -2.66. The fraction of sp³-hybridized carbons (Fsp3) is 0.750. The topological polar surface area (TPSA) is 87.9 Å². The van der Waals surface area contributed by atoms with Gasteiger partial charge >= 0.3 is 0 Å². The summed E-state index contributed by atoms with van der Waals surface area (Å²) < 4.78 is 10.5. The Morgan fingerprint density at radius 3 is 2.96 bits per heavy atom. The third-order valence-corrected chi connectivity index (χ3v) is 6.50. The van der Waals surface area contributed by atoms with Crippen LogP contribution in [0.15, 0.2) is 17.0 Å². The van der Waals surface area contributed by atoms with Crippen LogP contribution in [0, 0.1) is 11.8 Å². The smallest absolute Gasteiger partial charge is 0.291 e. The normalized spacial score (nSPS) is 30.0. The zero-order chi connectivity index (χ0) is 19.5. The molecular formula is C20H30N4O4. The lowest BCUT2D eigenvalue weighted by Gasteiger charge is -2.56. The van der Waals surface area contributed by atoms with Gasteiger partial charge in [-0.2, -0.15) is 0 Å². The van der Waals surface area contributed by atoms with Gasteiger partial charge < -0.3 is 19.4 Å². The first-order chi connectivity index (χ1) is 13.7. The van der Waals surface area contributed by atoms with Gasteiger partial charge in [0.1, 0.15) is 6.61 Å². The Hall–Kier alpha value is -1.93. The number of oxazole rings is 1. The summed E-state index contributed by atoms with van der Waals surface area (Å²) in [4.78, 5) is 33.3. The van der Waals surface area contributed by atoms with Crippen LogP contribution >= 0.6 is 0 Å². The van der Waals surface area contributed by atoms with E-state index >= 15 is 0 Å². The zero-order valence-electron chi connectivity index (χ0n) is 16.5. The summed E-state index contributed by atoms with van der Waals surface area (Å²) >= 11 is 0. The molecule has 3 aliphatic heterocycles. The lowest BCUT2D eigenvalue weighted by atomic mass is 9.72. The van der Waals surface area contributed by atoms with Crippen molar-refractivity contribution in [3.63, 3.8) is 0 Å². The number of rotatable bonds is 6. The SMILES string of the molecule is CCOCC(=O)NC[C@H]1[C@H]2C[C@H](CN(C(=O)c3cnco3)C2)[C@@H]2CCCCN21. The molecule has 4 heterocycles. The van der Waals surface area contributed by atoms with Crippen molar-refractivity contribution in [1.82, 2.24) is 20.1 Å². The van der Waals surface area contributed by atoms with Crippen LogP contribution in [0.3, 0.4) is 0 Å². The molecule has 0 saturated carbocycles. The number of likely N-dealkylation sites (tertiary alicyclic amines) is 1. The number of carbonyl (C=O) groups is 2. The molecule has 3 aliphatic rings. The van der Waals surface area contributed by atoms with E-state index in [1.54, 1.807) is 0 Å². The van der Waals surface area contributed by atoms with E-state index in [-0.39, 0.29) is 24.5 Å². The standard InChI is InChI=1S/C20H30N4O4/c1-2-27-12-19(25)22-8-17-15-7-14(16-5-3-4-6-24(16)17)10-23(11-15)20(26)18-9-21-13-28-18/h9,13-17H,2-8,10-12H2,1H3,(H,22,25)/t14-,15+,16+,17+/m1/s1. The molecule has 0 aliphatic carbocycles. The van der Waals surface area contributed by atoms with Gasteiger partial charge in [0.25, 0.3) is 5.91 Å². The highest BCUT2D eigenvalue weighted by molar-refractivity contribution is 5.91. The van der Waals surface area contributed by atoms with Gasteiger partial charge in [-0.25, -0.2) is 4.98 Å². The molecular weight excluding hydrogens is 360 g/mol. The van der Waals surface area contributed by atoms with Crippen LogP contribution in [0.4, 0.5) is 0 Å². The first-order valence-corrected chi connectivity index (χ1v) is 10.4. The highest BCUT2D eigenvalue weighted by Gasteiger charge is 2.48. The number of hydrogen-bond acceptors (Lipinski definition) is 6. The van der Waals surface area contributed by atoms with E-state index in [4.69, 9.17) is 9.15 Å². The molecule has 1 N–H and O–H groups in total. The number of nitrogens with one attached hydrogen (secondary N) is 1. The minimum absolute atomic E-state index is 0.0667. The molecule has 4 rings (SSSR count). The molecule has 8 heteroatoms. The van der Waals surface area contributed by atoms with Crippen molar-refractivity contribution >= 4 is 11.8 Å². The first kappa shape index (κ1) is 19.4. The minimum Gasteiger partial charge on any atom is -0.438 e. The molecule has 3 saturated heterocycles. The highest BCUT2D eigenvalue weighted by atomic mass is 16.5. The summed E-state index contributed by atoms with van der Waals surface area (Å²) in [7, 11) is 0. The summed E-state index contributed by atoms with van der Waals surface area (Å²) in [6.45, 7) is 5.70. The fourth-order valence-corrected chi connectivity index (χ4v) is 5.30. The van der Waals surface area contributed by atoms with E-state index in [2.05, 4.69) is 15.2 Å². The minimum atomic E-state index is -0.0735. The predicted octanol–water partition coefficient (Wildman–Crippen LogP) is 1.14. The van der Waals surface area contributed by atoms with E-state index in [0.29, 0.717) is 43.3 Å². The van der Waals surface area contributed by atoms with Crippen LogP contribution in [0.2, 0.25) is 0 Å². The van der Waals surface area contributed by atoms with Crippen molar-refractivity contribution < 1.29 is 18.7 Å². The Balaban J connectivity index is 1.47. The van der Waals surface area contributed by atoms with Crippen LogP contribution in [0.1, 0.15) is 43.2 Å². The summed E-state index contributed by atoms with van der Waals surface area (Å²) in [6.07, 6.45) is 7.53. The van der Waals surface area contributed by atoms with E-state index in [1.165, 1.54) is 31.9 Å². The second-order valence-corrected chi connectivity index (χ2v) is 8.14. The van der Waals surface area contributed by atoms with E-state index < -0.39 is 0 Å². The molecule has 0 spiro atoms. The van der Waals surface area contributed by atoms with Crippen molar-refractivity contribution in [3.05, 3.63) is 18.4 Å². The number of aromatic nitrogens is 1. The Morgan fingerprint density at radius 2 is 2.18 bits per heavy atom. The second-order valence-electron chi connectivity index (χ2n) is 8.14. The average molecular weight is 390 g/mol. The van der Waals surface area contributed by atoms with Crippen molar-refractivity contribution in [2.45, 2.75) is 44.7 Å². The summed E-state index contributed by atoms with van der Waals surface area (Å²) in [5.41, 5.74) is 0. The maximum Gasteiger partial charge on any atom is 0.291 e. The molecule has 28 heavy (non-hydrogen) atoms. The van der Waals surface area contributed by atoms with Gasteiger partial charge in [0.2, 0.25) is 11.7 Å². The molecule has 1 aromatic heterocycles. The third-order valence-electron chi connectivity index (χ3n) is 6.50. The highest BCUT2D eigenvalue weighted by Crippen LogP contribution is 2.41. The van der Waals surface area contributed by atoms with E-state index in [1.807, 2.05) is 11.8 Å². The van der Waals surface area contributed by atoms with Gasteiger partial charge in [-0.3, -0.25) is 14.5 Å². The monoisotopic (exact) mass is 390 g/mol. The number of carbonyl (C=O) groups excluding carboxylic acids is 2. The quantitative estimate of drug-likeness (QED) is 0.784. The number of nitrogens with zero attached hydrogens (tertiary/aromatic N) is 3. The molecule has 3 fully saturated rings. The summed E-state index contributed by atoms with van der Waals surface area (Å²) in [5, 5.41) is 3.06. The van der Waals surface area contributed by atoms with Gasteiger partial charge in [-0.1, -0.05) is 6.42 Å². The predicted molar refractivity (Wildman–Crippen MR) is 102 cm³/mol. The Labute approximate surface area is 165 Å². The molecule has 8 nitrogen and oxygen atoms in total. The van der Waals surface area contributed by atoms with Gasteiger partial charge in [0.15, 0.2) is 6.39 Å². The number of ether oxygens (including phenoxy) is 1. The second kappa shape index (κ2) is 8.61. The van der Waals surface area contributed by atoms with Crippen LogP contribution in [0.5, 0.6) is 0 Å². The molecule has 154 valence electrons. The molecule has 4 atom stereocenters. The fourth-order valence-electron chi connectivity index (χ4n) is 5.30. The third kappa shape index (κ3) is 3.93. The average Bonchev–Trinajstić information content (AvgIpc) is 3.26. The zero-order valence-corrected chi connectivity index (χ0v) is 16.5. The van der Waals surface area contributed by atoms with Crippen molar-refractivity contribution in [3.8, 4) is 0 Å². The van der Waals surface area contributed by atoms with Crippen molar-refractivity contribution in [2.24, 2.45) is 11.8 Å². The van der Waals surface area contributed by atoms with Gasteiger partial charge in [0.05, 0.1) is 6.20 Å². The van der Waals surface area contributed by atoms with Crippen LogP contribution in [-0.4, -0.2) is 78.1 Å². The summed E-state index contributed by atoms with van der Waals surface area (Å²) in [5.74, 6) is 1.01. The number of piperidine rings is 3. The Kier molecular flexibility index (Phi) is 5.96. The lowest BCUT2D eigenvalue weighted by molar-refractivity contribution is -0.126. The van der Waals surface area contributed by atoms with Crippen LogP contribution in [0.25, 0.3) is 0 Å². The van der Waals surface area contributed by atoms with Crippen LogP contribution < -0.4 is 5.32 Å². The first-order valence-electron chi connectivity index (χ1n) is 10.4. The molecule has 0 radical (unpaired) electrons. The maximum absolute atomic E-state index is 12.8. The molecule has 2 bridgehead atoms. The molecule has 2 amide bonds. The van der Waals surface area contributed by atoms with Crippen LogP contribution in [-0.2, 0) is 9.53 Å². The Bertz CT molecular complexity index is 680. The Morgan fingerprint density at radius 1 is 1.32 bits per heavy atom. The van der Waals surface area contributed by atoms with Crippen molar-refractivity contribution in [1.29, 1.82) is 0 Å². The maximum atomic E-state index is 12.8. The number of amides is 2.